The van der Waals surface area contributed by atoms with Crippen molar-refractivity contribution in [3.63, 3.8) is 0 Å². The molecule has 5 atom stereocenters. The summed E-state index contributed by atoms with van der Waals surface area (Å²) in [6, 6.07) is -0.867. The molecule has 0 saturated carbocycles. The number of aliphatic hydroxyl groups excluding tert-OH is 4. The van der Waals surface area contributed by atoms with Gasteiger partial charge in [-0.2, -0.15) is 5.01 Å². The number of carbonyl (C=O) groups excluding carboxylic acids is 2. The molecule has 1 aliphatic rings. The van der Waals surface area contributed by atoms with Crippen LogP contribution in [0.2, 0.25) is 0 Å². The molecule has 0 bridgehead atoms. The van der Waals surface area contributed by atoms with Gasteiger partial charge in [-0.25, -0.2) is 4.79 Å². The fourth-order valence-corrected chi connectivity index (χ4v) is 2.86. The van der Waals surface area contributed by atoms with Crippen molar-refractivity contribution in [2.24, 2.45) is 5.29 Å². The van der Waals surface area contributed by atoms with Gasteiger partial charge >= 0.3 is 6.03 Å². The van der Waals surface area contributed by atoms with Crippen LogP contribution in [0.25, 0.3) is 0 Å². The first kappa shape index (κ1) is 22.5. The summed E-state index contributed by atoms with van der Waals surface area (Å²) >= 11 is 5.44. The second-order valence-electron chi connectivity index (χ2n) is 5.74. The van der Waals surface area contributed by atoms with E-state index in [9.17, 15) is 29.8 Å². The van der Waals surface area contributed by atoms with Crippen LogP contribution in [0.15, 0.2) is 5.29 Å². The number of nitrogens with zero attached hydrogens (tertiary/aromatic N) is 2. The summed E-state index contributed by atoms with van der Waals surface area (Å²) in [5.74, 6) is -0.652. The highest BCUT2D eigenvalue weighted by molar-refractivity contribution is 6.18. The lowest BCUT2D eigenvalue weighted by molar-refractivity contribution is -0.284. The number of nitroso groups, excluding NO2 is 1. The van der Waals surface area contributed by atoms with Gasteiger partial charge in [-0.05, 0) is 6.42 Å². The van der Waals surface area contributed by atoms with E-state index in [1.54, 1.807) is 0 Å². The molecule has 1 heterocycles. The smallest absolute Gasteiger partial charge is 0.340 e. The molecule has 1 saturated heterocycles. The largest absolute Gasteiger partial charge is 0.394 e. The molecule has 1 aliphatic heterocycles. The minimum absolute atomic E-state index is 0.0189. The van der Waals surface area contributed by atoms with Crippen LogP contribution in [0.1, 0.15) is 13.3 Å². The molecular weight excluding hydrogens is 376 g/mol. The fraction of sp³-hybridized carbons (Fsp3) is 0.846. The summed E-state index contributed by atoms with van der Waals surface area (Å²) in [6.07, 6.45) is -6.59. The Hall–Kier alpha value is -1.57. The van der Waals surface area contributed by atoms with E-state index >= 15 is 0 Å². The number of hydrogen-bond acceptors (Lipinski definition) is 9. The van der Waals surface area contributed by atoms with Crippen LogP contribution < -0.4 is 10.6 Å². The molecule has 0 unspecified atom stereocenters. The van der Waals surface area contributed by atoms with Crippen molar-refractivity contribution in [3.8, 4) is 0 Å². The van der Waals surface area contributed by atoms with Gasteiger partial charge in [-0.1, -0.05) is 0 Å². The maximum atomic E-state index is 11.8. The fourth-order valence-electron chi connectivity index (χ4n) is 2.70. The highest BCUT2D eigenvalue weighted by atomic mass is 35.5. The number of ether oxygens (including phenoxy) is 1. The van der Waals surface area contributed by atoms with E-state index in [0.717, 1.165) is 6.92 Å². The summed E-state index contributed by atoms with van der Waals surface area (Å²) in [6.45, 7) is 0.115. The van der Waals surface area contributed by atoms with Crippen LogP contribution in [0, 0.1) is 4.91 Å². The van der Waals surface area contributed by atoms with Crippen LogP contribution in [0.3, 0.4) is 0 Å². The predicted molar refractivity (Wildman–Crippen MR) is 87.8 cm³/mol. The number of rotatable bonds is 8. The van der Waals surface area contributed by atoms with Crippen LogP contribution in [-0.2, 0) is 9.53 Å². The molecule has 6 N–H and O–H groups in total. The Morgan fingerprint density at radius 2 is 2.00 bits per heavy atom. The van der Waals surface area contributed by atoms with Gasteiger partial charge in [0.25, 0.3) is 0 Å². The van der Waals surface area contributed by atoms with E-state index < -0.39 is 48.7 Å². The number of alkyl halides is 1. The Balaban J connectivity index is 2.88. The second kappa shape index (κ2) is 9.94. The quantitative estimate of drug-likeness (QED) is 0.149. The minimum Gasteiger partial charge on any atom is -0.394 e. The molecule has 26 heavy (non-hydrogen) atoms. The van der Waals surface area contributed by atoms with Crippen molar-refractivity contribution in [3.05, 3.63) is 4.91 Å². The highest BCUT2D eigenvalue weighted by Crippen LogP contribution is 2.31. The van der Waals surface area contributed by atoms with Crippen LogP contribution in [-0.4, -0.2) is 93.1 Å². The molecule has 0 aromatic carbocycles. The van der Waals surface area contributed by atoms with Gasteiger partial charge in [0, 0.05) is 19.3 Å². The first-order chi connectivity index (χ1) is 12.2. The highest BCUT2D eigenvalue weighted by Gasteiger charge is 2.55. The zero-order chi connectivity index (χ0) is 19.9. The third kappa shape index (κ3) is 4.99. The Labute approximate surface area is 154 Å². The third-order valence-electron chi connectivity index (χ3n) is 4.01. The van der Waals surface area contributed by atoms with Crippen molar-refractivity contribution in [1.29, 1.82) is 0 Å². The SMILES string of the molecule is CC(=O)N[C@@]1(CCNC(=O)N(CCCl)N=O)[C@H](O)O[C@H](CO)[C@@H](O)[C@@H]1O. The van der Waals surface area contributed by atoms with E-state index in [1.807, 2.05) is 0 Å². The second-order valence-corrected chi connectivity index (χ2v) is 6.12. The number of hydrogen-bond donors (Lipinski definition) is 6. The lowest BCUT2D eigenvalue weighted by Gasteiger charge is -2.49. The average molecular weight is 399 g/mol. The van der Waals surface area contributed by atoms with E-state index in [1.165, 1.54) is 0 Å². The standard InChI is InChI=1S/C13H23ClN4O8/c1-7(20)16-13(2-4-15-12(24)18(17-25)5-3-14)10(22)9(21)8(6-19)26-11(13)23/h8-11,19,21-23H,2-6H2,1H3,(H,15,24)(H,16,20)/t8-,9-,10+,11-,13-/m1/s1. The molecule has 3 amide bonds. The van der Waals surface area contributed by atoms with Crippen LogP contribution >= 0.6 is 11.6 Å². The predicted octanol–water partition coefficient (Wildman–Crippen LogP) is -2.39. The average Bonchev–Trinajstić information content (AvgIpc) is 2.60. The monoisotopic (exact) mass is 398 g/mol. The summed E-state index contributed by atoms with van der Waals surface area (Å²) < 4.78 is 5.07. The zero-order valence-corrected chi connectivity index (χ0v) is 14.8. The van der Waals surface area contributed by atoms with Crippen molar-refractivity contribution in [2.75, 3.05) is 25.6 Å². The van der Waals surface area contributed by atoms with Crippen molar-refractivity contribution in [2.45, 2.75) is 43.5 Å². The van der Waals surface area contributed by atoms with Gasteiger partial charge in [-0.15, -0.1) is 16.5 Å². The molecule has 0 aromatic heterocycles. The number of amides is 3. The molecule has 0 aliphatic carbocycles. The minimum atomic E-state index is -1.85. The maximum absolute atomic E-state index is 11.8. The van der Waals surface area contributed by atoms with E-state index in [4.69, 9.17) is 21.4 Å². The Morgan fingerprint density at radius 3 is 2.50 bits per heavy atom. The Kier molecular flexibility index (Phi) is 8.59. The van der Waals surface area contributed by atoms with Crippen molar-refractivity contribution in [1.82, 2.24) is 15.6 Å². The van der Waals surface area contributed by atoms with Gasteiger partial charge in [0.15, 0.2) is 6.29 Å². The maximum Gasteiger partial charge on any atom is 0.340 e. The third-order valence-corrected chi connectivity index (χ3v) is 4.18. The number of carbonyl (C=O) groups is 2. The zero-order valence-electron chi connectivity index (χ0n) is 14.0. The van der Waals surface area contributed by atoms with Gasteiger partial charge in [0.2, 0.25) is 5.91 Å². The Bertz CT molecular complexity index is 513. The number of aliphatic hydroxyl groups is 4. The normalized spacial score (nSPS) is 31.2. The molecule has 0 radical (unpaired) electrons. The molecule has 0 aromatic rings. The molecule has 1 rings (SSSR count). The Morgan fingerprint density at radius 1 is 1.35 bits per heavy atom. The summed E-state index contributed by atoms with van der Waals surface area (Å²) in [5.41, 5.74) is -1.85. The first-order valence-corrected chi connectivity index (χ1v) is 8.30. The van der Waals surface area contributed by atoms with Gasteiger partial charge < -0.3 is 35.8 Å². The van der Waals surface area contributed by atoms with Crippen LogP contribution in [0.4, 0.5) is 4.79 Å². The van der Waals surface area contributed by atoms with Gasteiger partial charge in [0.1, 0.15) is 23.9 Å². The number of halogens is 1. The van der Waals surface area contributed by atoms with E-state index in [0.29, 0.717) is 5.01 Å². The van der Waals surface area contributed by atoms with Crippen molar-refractivity contribution >= 4 is 23.5 Å². The first-order valence-electron chi connectivity index (χ1n) is 7.77. The molecule has 1 fully saturated rings. The molecule has 0 spiro atoms. The van der Waals surface area contributed by atoms with Gasteiger partial charge in [0.05, 0.1) is 18.4 Å². The lowest BCUT2D eigenvalue weighted by atomic mass is 9.80. The van der Waals surface area contributed by atoms with Gasteiger partial charge in [-0.3, -0.25) is 4.79 Å². The topological polar surface area (TPSA) is 181 Å². The summed E-state index contributed by atoms with van der Waals surface area (Å²) in [7, 11) is 0. The lowest BCUT2D eigenvalue weighted by Crippen LogP contribution is -2.73. The molecule has 150 valence electrons. The van der Waals surface area contributed by atoms with E-state index in [-0.39, 0.29) is 25.4 Å². The molecular formula is C13H23ClN4O8. The molecule has 13 heteroatoms. The number of urea groups is 1. The summed E-state index contributed by atoms with van der Waals surface area (Å²) in [5, 5.41) is 47.5. The van der Waals surface area contributed by atoms with Crippen LogP contribution in [0.5, 0.6) is 0 Å². The molecule has 12 nitrogen and oxygen atoms in total. The summed E-state index contributed by atoms with van der Waals surface area (Å²) in [4.78, 5) is 33.9. The van der Waals surface area contributed by atoms with Crippen molar-refractivity contribution < 1.29 is 34.8 Å². The van der Waals surface area contributed by atoms with E-state index in [2.05, 4.69) is 15.9 Å². The number of nitrogens with one attached hydrogen (secondary N) is 2.